The Balaban J connectivity index is 0.869. The lowest BCUT2D eigenvalue weighted by atomic mass is 10.0. The molecule has 6 rings (SSSR count). The van der Waals surface area contributed by atoms with Gasteiger partial charge in [-0.15, -0.1) is 13.2 Å². The maximum absolute atomic E-state index is 13.0. The molecule has 1 saturated heterocycles. The number of ether oxygens (including phenoxy) is 4. The van der Waals surface area contributed by atoms with E-state index in [-0.39, 0.29) is 75.2 Å². The molecule has 3 aromatic carbocycles. The van der Waals surface area contributed by atoms with Gasteiger partial charge in [-0.1, -0.05) is 12.1 Å². The summed E-state index contributed by atoms with van der Waals surface area (Å²) < 4.78 is 57.9. The van der Waals surface area contributed by atoms with Crippen molar-refractivity contribution in [1.82, 2.24) is 25.5 Å². The fourth-order valence-electron chi connectivity index (χ4n) is 5.71. The second kappa shape index (κ2) is 17.2. The fraction of sp³-hybridized carbons (Fsp3) is 0.270. The van der Waals surface area contributed by atoms with Crippen LogP contribution in [0.1, 0.15) is 43.9 Å². The van der Waals surface area contributed by atoms with Gasteiger partial charge in [0.05, 0.1) is 43.2 Å². The summed E-state index contributed by atoms with van der Waals surface area (Å²) in [5, 5.41) is 7.94. The number of nitrogens with one attached hydrogen (secondary N) is 3. The van der Waals surface area contributed by atoms with Gasteiger partial charge in [0.2, 0.25) is 11.8 Å². The summed E-state index contributed by atoms with van der Waals surface area (Å²) >= 11 is 0. The second-order valence-corrected chi connectivity index (χ2v) is 12.1. The van der Waals surface area contributed by atoms with E-state index in [1.54, 1.807) is 36.4 Å². The lowest BCUT2D eigenvalue weighted by molar-refractivity contribution is -0.274. The molecule has 2 aliphatic heterocycles. The van der Waals surface area contributed by atoms with E-state index >= 15 is 0 Å². The summed E-state index contributed by atoms with van der Waals surface area (Å²) in [6.45, 7) is 1.34. The quantitative estimate of drug-likeness (QED) is 0.110. The number of piperidine rings is 1. The molecule has 0 saturated carbocycles. The van der Waals surface area contributed by atoms with Crippen molar-refractivity contribution in [2.24, 2.45) is 0 Å². The Kier molecular flexibility index (Phi) is 12.0. The van der Waals surface area contributed by atoms with Gasteiger partial charge in [-0.05, 0) is 61.0 Å². The molecule has 15 nitrogen and oxygen atoms in total. The number of carbonyl (C=O) groups excluding carboxylic acids is 5. The average molecular weight is 763 g/mol. The van der Waals surface area contributed by atoms with E-state index in [0.29, 0.717) is 34.1 Å². The van der Waals surface area contributed by atoms with Crippen LogP contribution in [0.25, 0.3) is 11.3 Å². The number of fused-ring (bicyclic) bond motifs is 1. The first-order chi connectivity index (χ1) is 26.4. The first-order valence-corrected chi connectivity index (χ1v) is 16.9. The molecule has 1 atom stereocenters. The Labute approximate surface area is 311 Å². The van der Waals surface area contributed by atoms with E-state index in [9.17, 15) is 37.1 Å². The number of anilines is 2. The van der Waals surface area contributed by atoms with Crippen LogP contribution in [0.2, 0.25) is 0 Å². The number of nitrogens with zero attached hydrogens (tertiary/aromatic N) is 3. The highest BCUT2D eigenvalue weighted by Crippen LogP contribution is 2.31. The van der Waals surface area contributed by atoms with E-state index in [1.165, 1.54) is 42.7 Å². The van der Waals surface area contributed by atoms with Crippen LogP contribution in [0.4, 0.5) is 24.7 Å². The van der Waals surface area contributed by atoms with Crippen molar-refractivity contribution in [2.45, 2.75) is 25.2 Å². The largest absolute Gasteiger partial charge is 0.573 e. The Morgan fingerprint density at radius 1 is 0.836 bits per heavy atom. The van der Waals surface area contributed by atoms with E-state index in [0.717, 1.165) is 4.90 Å². The predicted octanol–water partition coefficient (Wildman–Crippen LogP) is 4.03. The molecule has 0 bridgehead atoms. The van der Waals surface area contributed by atoms with E-state index in [4.69, 9.17) is 14.2 Å². The minimum atomic E-state index is -4.79. The molecular formula is C37H33F3N6O9. The molecule has 1 aromatic heterocycles. The summed E-state index contributed by atoms with van der Waals surface area (Å²) in [7, 11) is 0. The van der Waals surface area contributed by atoms with Gasteiger partial charge in [0.15, 0.2) is 0 Å². The molecule has 0 spiro atoms. The second-order valence-electron chi connectivity index (χ2n) is 12.1. The summed E-state index contributed by atoms with van der Waals surface area (Å²) in [5.41, 5.74) is 2.29. The minimum absolute atomic E-state index is 0.0330. The van der Waals surface area contributed by atoms with Gasteiger partial charge in [0.25, 0.3) is 17.7 Å². The highest BCUT2D eigenvalue weighted by molar-refractivity contribution is 6.23. The molecule has 18 heteroatoms. The fourth-order valence-corrected chi connectivity index (χ4v) is 5.71. The highest BCUT2D eigenvalue weighted by atomic mass is 19.4. The summed E-state index contributed by atoms with van der Waals surface area (Å²) in [6.07, 6.45) is -3.36. The zero-order chi connectivity index (χ0) is 39.0. The van der Waals surface area contributed by atoms with Gasteiger partial charge in [0, 0.05) is 35.8 Å². The number of amides is 5. The number of halogens is 3. The number of alkyl halides is 3. The van der Waals surface area contributed by atoms with Crippen molar-refractivity contribution < 1.29 is 56.1 Å². The van der Waals surface area contributed by atoms with Crippen molar-refractivity contribution in [3.8, 4) is 22.8 Å². The monoisotopic (exact) mass is 762 g/mol. The van der Waals surface area contributed by atoms with Crippen molar-refractivity contribution in [3.05, 3.63) is 95.8 Å². The Morgan fingerprint density at radius 2 is 1.56 bits per heavy atom. The summed E-state index contributed by atoms with van der Waals surface area (Å²) in [5.74, 6) is -2.30. The van der Waals surface area contributed by atoms with Gasteiger partial charge in [-0.25, -0.2) is 9.97 Å². The van der Waals surface area contributed by atoms with Crippen LogP contribution in [0.3, 0.4) is 0 Å². The van der Waals surface area contributed by atoms with Gasteiger partial charge >= 0.3 is 6.36 Å². The Morgan fingerprint density at radius 3 is 2.33 bits per heavy atom. The standard InChI is InChI=1S/C37H33F3N6O9/c38-37(39,40)55-25-6-4-24(5-7-25)44-31-20-29(42-21-43-31)22-2-1-3-23(18-22)33(48)41-12-13-52-14-15-53-16-17-54-26-8-9-27-28(19-26)36(51)46(35(27)50)30-10-11-32(47)45-34(30)49/h1-9,18-21,30H,10-17H2,(H,41,48)(H,42,43,44)(H,45,47,49). The number of carbonyl (C=O) groups is 5. The molecule has 5 amide bonds. The third-order valence-electron chi connectivity index (χ3n) is 8.26. The normalized spacial score (nSPS) is 15.4. The summed E-state index contributed by atoms with van der Waals surface area (Å²) in [4.78, 5) is 71.6. The maximum Gasteiger partial charge on any atom is 0.573 e. The molecule has 2 aliphatic rings. The molecule has 286 valence electrons. The number of hydrogen-bond donors (Lipinski definition) is 3. The first-order valence-electron chi connectivity index (χ1n) is 16.9. The SMILES string of the molecule is O=C1CCC(N2C(=O)c3ccc(OCCOCCOCCNC(=O)c4cccc(-c5cc(Nc6ccc(OC(F)(F)F)cc6)ncn5)c4)cc3C2=O)C(=O)N1. The molecule has 1 unspecified atom stereocenters. The molecule has 0 radical (unpaired) electrons. The van der Waals surface area contributed by atoms with Gasteiger partial charge < -0.3 is 29.6 Å². The molecule has 3 N–H and O–H groups in total. The Bertz CT molecular complexity index is 2080. The van der Waals surface area contributed by atoms with E-state index in [2.05, 4.69) is 30.7 Å². The number of imide groups is 2. The van der Waals surface area contributed by atoms with Crippen LogP contribution in [-0.2, 0) is 19.1 Å². The van der Waals surface area contributed by atoms with Crippen LogP contribution in [0, 0.1) is 0 Å². The van der Waals surface area contributed by atoms with Crippen LogP contribution in [0.5, 0.6) is 11.5 Å². The Hall–Kier alpha value is -6.40. The van der Waals surface area contributed by atoms with E-state index < -0.39 is 36.0 Å². The first kappa shape index (κ1) is 38.3. The van der Waals surface area contributed by atoms with Gasteiger partial charge in [-0.2, -0.15) is 0 Å². The van der Waals surface area contributed by atoms with Gasteiger partial charge in [0.1, 0.15) is 36.3 Å². The lowest BCUT2D eigenvalue weighted by Crippen LogP contribution is -2.54. The lowest BCUT2D eigenvalue weighted by Gasteiger charge is -2.27. The van der Waals surface area contributed by atoms with Crippen molar-refractivity contribution >= 4 is 41.0 Å². The minimum Gasteiger partial charge on any atom is -0.491 e. The van der Waals surface area contributed by atoms with Crippen molar-refractivity contribution in [2.75, 3.05) is 44.9 Å². The molecular weight excluding hydrogens is 729 g/mol. The zero-order valence-corrected chi connectivity index (χ0v) is 28.9. The third-order valence-corrected chi connectivity index (χ3v) is 8.26. The van der Waals surface area contributed by atoms with Crippen LogP contribution >= 0.6 is 0 Å². The number of hydrogen-bond acceptors (Lipinski definition) is 12. The molecule has 1 fully saturated rings. The zero-order valence-electron chi connectivity index (χ0n) is 28.9. The number of rotatable bonds is 16. The molecule has 4 aromatic rings. The molecule has 55 heavy (non-hydrogen) atoms. The number of aromatic nitrogens is 2. The molecule has 0 aliphatic carbocycles. The van der Waals surface area contributed by atoms with Crippen LogP contribution in [0.15, 0.2) is 79.1 Å². The van der Waals surface area contributed by atoms with E-state index in [1.807, 2.05) is 0 Å². The van der Waals surface area contributed by atoms with Crippen molar-refractivity contribution in [1.29, 1.82) is 0 Å². The summed E-state index contributed by atoms with van der Waals surface area (Å²) in [6, 6.07) is 17.0. The topological polar surface area (TPSA) is 187 Å². The van der Waals surface area contributed by atoms with Crippen molar-refractivity contribution in [3.63, 3.8) is 0 Å². The highest BCUT2D eigenvalue weighted by Gasteiger charge is 2.44. The third kappa shape index (κ3) is 9.98. The average Bonchev–Trinajstić information content (AvgIpc) is 3.40. The number of benzene rings is 3. The van der Waals surface area contributed by atoms with Crippen LogP contribution in [-0.4, -0.2) is 96.4 Å². The van der Waals surface area contributed by atoms with Crippen LogP contribution < -0.4 is 25.4 Å². The van der Waals surface area contributed by atoms with Gasteiger partial charge in [-0.3, -0.25) is 34.2 Å². The predicted molar refractivity (Wildman–Crippen MR) is 186 cm³/mol. The molecule has 3 heterocycles. The smallest absolute Gasteiger partial charge is 0.491 e. The maximum atomic E-state index is 13.0.